The van der Waals surface area contributed by atoms with Crippen molar-refractivity contribution in [2.45, 2.75) is 25.7 Å². The smallest absolute Gasteiger partial charge is 0.0638 e. The first-order valence-corrected chi connectivity index (χ1v) is 6.76. The maximum absolute atomic E-state index is 4.62. The van der Waals surface area contributed by atoms with E-state index in [4.69, 9.17) is 0 Å². The molecule has 0 N–H and O–H groups in total. The Bertz CT molecular complexity index is 541. The van der Waals surface area contributed by atoms with E-state index < -0.39 is 0 Å². The van der Waals surface area contributed by atoms with Crippen molar-refractivity contribution in [3.63, 3.8) is 0 Å². The van der Waals surface area contributed by atoms with Crippen LogP contribution in [0.25, 0.3) is 0 Å². The van der Waals surface area contributed by atoms with Crippen LogP contribution in [0.15, 0.2) is 36.9 Å². The van der Waals surface area contributed by atoms with Gasteiger partial charge in [-0.1, -0.05) is 0 Å². The molecule has 19 heavy (non-hydrogen) atoms. The lowest BCUT2D eigenvalue weighted by atomic mass is 9.94. The molecular formula is C15H18N4. The van der Waals surface area contributed by atoms with Crippen molar-refractivity contribution in [1.82, 2.24) is 15.0 Å². The van der Waals surface area contributed by atoms with Gasteiger partial charge in [0.2, 0.25) is 0 Å². The minimum Gasteiger partial charge on any atom is -0.371 e. The molecule has 1 aliphatic rings. The predicted molar refractivity (Wildman–Crippen MR) is 75.2 cm³/mol. The standard InChI is InChI=1S/C15H18N4/c1-12-9-17-10-15(18-12)13-3-2-8-19(11-13)14-4-6-16-7-5-14/h4-7,9-10,13H,2-3,8,11H2,1H3/t13-/m1/s1. The SMILES string of the molecule is Cc1cncc([C@@H]2CCCN(c3ccncc3)C2)n1. The van der Waals surface area contributed by atoms with Crippen LogP contribution in [-0.4, -0.2) is 28.0 Å². The molecule has 4 nitrogen and oxygen atoms in total. The van der Waals surface area contributed by atoms with E-state index in [1.807, 2.05) is 31.7 Å². The molecule has 0 unspecified atom stereocenters. The number of pyridine rings is 1. The minimum absolute atomic E-state index is 0.481. The Morgan fingerprint density at radius 1 is 1.16 bits per heavy atom. The number of rotatable bonds is 2. The van der Waals surface area contributed by atoms with E-state index in [9.17, 15) is 0 Å². The van der Waals surface area contributed by atoms with Gasteiger partial charge in [0, 0.05) is 49.5 Å². The summed E-state index contributed by atoms with van der Waals surface area (Å²) in [6.07, 6.45) is 9.82. The number of hydrogen-bond donors (Lipinski definition) is 0. The lowest BCUT2D eigenvalue weighted by Gasteiger charge is -2.34. The van der Waals surface area contributed by atoms with E-state index in [1.54, 1.807) is 0 Å². The van der Waals surface area contributed by atoms with Crippen LogP contribution in [0.4, 0.5) is 5.69 Å². The van der Waals surface area contributed by atoms with Gasteiger partial charge in [0.25, 0.3) is 0 Å². The van der Waals surface area contributed by atoms with Crippen LogP contribution < -0.4 is 4.90 Å². The Labute approximate surface area is 113 Å². The molecule has 3 heterocycles. The molecule has 1 fully saturated rings. The zero-order valence-corrected chi connectivity index (χ0v) is 11.2. The summed E-state index contributed by atoms with van der Waals surface area (Å²) in [5.74, 6) is 0.481. The second kappa shape index (κ2) is 5.34. The first-order valence-electron chi connectivity index (χ1n) is 6.76. The predicted octanol–water partition coefficient (Wildman–Crippen LogP) is 2.56. The summed E-state index contributed by atoms with van der Waals surface area (Å²) in [4.78, 5) is 15.4. The Kier molecular flexibility index (Phi) is 3.40. The second-order valence-corrected chi connectivity index (χ2v) is 5.08. The highest BCUT2D eigenvalue weighted by molar-refractivity contribution is 5.45. The van der Waals surface area contributed by atoms with Crippen molar-refractivity contribution < 1.29 is 0 Å². The lowest BCUT2D eigenvalue weighted by Crippen LogP contribution is -2.34. The third-order valence-corrected chi connectivity index (χ3v) is 3.64. The summed E-state index contributed by atoms with van der Waals surface area (Å²) in [6.45, 7) is 4.13. The van der Waals surface area contributed by atoms with Gasteiger partial charge in [0.05, 0.1) is 11.4 Å². The zero-order chi connectivity index (χ0) is 13.1. The summed E-state index contributed by atoms with van der Waals surface area (Å²) < 4.78 is 0. The van der Waals surface area contributed by atoms with Crippen molar-refractivity contribution in [1.29, 1.82) is 0 Å². The summed E-state index contributed by atoms with van der Waals surface area (Å²) in [7, 11) is 0. The highest BCUT2D eigenvalue weighted by atomic mass is 15.1. The van der Waals surface area contributed by atoms with Gasteiger partial charge in [0.1, 0.15) is 0 Å². The maximum atomic E-state index is 4.62. The summed E-state index contributed by atoms with van der Waals surface area (Å²) >= 11 is 0. The van der Waals surface area contributed by atoms with Crippen LogP contribution >= 0.6 is 0 Å². The number of aryl methyl sites for hydroxylation is 1. The van der Waals surface area contributed by atoms with Crippen molar-refractivity contribution >= 4 is 5.69 Å². The molecule has 0 radical (unpaired) electrons. The van der Waals surface area contributed by atoms with Crippen LogP contribution in [0.1, 0.15) is 30.1 Å². The van der Waals surface area contributed by atoms with Gasteiger partial charge in [-0.2, -0.15) is 0 Å². The van der Waals surface area contributed by atoms with Gasteiger partial charge >= 0.3 is 0 Å². The average Bonchev–Trinajstić information content (AvgIpc) is 2.48. The Morgan fingerprint density at radius 3 is 2.79 bits per heavy atom. The Morgan fingerprint density at radius 2 is 2.00 bits per heavy atom. The molecule has 0 spiro atoms. The van der Waals surface area contributed by atoms with Crippen molar-refractivity contribution in [3.05, 3.63) is 48.3 Å². The first kappa shape index (κ1) is 12.1. The molecule has 98 valence electrons. The fraction of sp³-hybridized carbons (Fsp3) is 0.400. The molecule has 3 rings (SSSR count). The molecule has 0 aliphatic carbocycles. The normalized spacial score (nSPS) is 19.4. The first-order chi connectivity index (χ1) is 9.33. The van der Waals surface area contributed by atoms with Gasteiger partial charge in [-0.05, 0) is 31.9 Å². The van der Waals surface area contributed by atoms with Crippen LogP contribution in [0.2, 0.25) is 0 Å². The Balaban J connectivity index is 1.78. The Hall–Kier alpha value is -1.97. The molecule has 1 saturated heterocycles. The monoisotopic (exact) mass is 254 g/mol. The second-order valence-electron chi connectivity index (χ2n) is 5.08. The molecule has 1 aliphatic heterocycles. The van der Waals surface area contributed by atoms with E-state index >= 15 is 0 Å². The fourth-order valence-electron chi connectivity index (χ4n) is 2.69. The number of anilines is 1. The quantitative estimate of drug-likeness (QED) is 0.826. The molecule has 0 aromatic carbocycles. The van der Waals surface area contributed by atoms with Gasteiger partial charge in [0.15, 0.2) is 0 Å². The third-order valence-electron chi connectivity index (χ3n) is 3.64. The molecule has 2 aromatic rings. The number of hydrogen-bond acceptors (Lipinski definition) is 4. The highest BCUT2D eigenvalue weighted by Gasteiger charge is 2.22. The number of piperidine rings is 1. The van der Waals surface area contributed by atoms with Crippen molar-refractivity contribution in [2.75, 3.05) is 18.0 Å². The van der Waals surface area contributed by atoms with Crippen molar-refractivity contribution in [2.24, 2.45) is 0 Å². The van der Waals surface area contributed by atoms with E-state index in [0.717, 1.165) is 24.5 Å². The summed E-state index contributed by atoms with van der Waals surface area (Å²) in [5, 5.41) is 0. The van der Waals surface area contributed by atoms with E-state index in [2.05, 4.69) is 32.0 Å². The van der Waals surface area contributed by atoms with Crippen LogP contribution in [0, 0.1) is 6.92 Å². The van der Waals surface area contributed by atoms with Gasteiger partial charge in [-0.15, -0.1) is 0 Å². The number of nitrogens with zero attached hydrogens (tertiary/aromatic N) is 4. The molecule has 0 amide bonds. The molecule has 0 bridgehead atoms. The maximum Gasteiger partial charge on any atom is 0.0638 e. The zero-order valence-electron chi connectivity index (χ0n) is 11.2. The summed E-state index contributed by atoms with van der Waals surface area (Å²) in [5.41, 5.74) is 3.37. The molecular weight excluding hydrogens is 236 g/mol. The third kappa shape index (κ3) is 2.72. The molecule has 2 aromatic heterocycles. The van der Waals surface area contributed by atoms with Gasteiger partial charge in [-0.25, -0.2) is 0 Å². The molecule has 1 atom stereocenters. The van der Waals surface area contributed by atoms with Gasteiger partial charge < -0.3 is 4.90 Å². The van der Waals surface area contributed by atoms with Crippen LogP contribution in [0.3, 0.4) is 0 Å². The van der Waals surface area contributed by atoms with E-state index in [1.165, 1.54) is 18.5 Å². The summed E-state index contributed by atoms with van der Waals surface area (Å²) in [6, 6.07) is 4.15. The van der Waals surface area contributed by atoms with Crippen LogP contribution in [-0.2, 0) is 0 Å². The van der Waals surface area contributed by atoms with Crippen molar-refractivity contribution in [3.8, 4) is 0 Å². The fourth-order valence-corrected chi connectivity index (χ4v) is 2.69. The topological polar surface area (TPSA) is 41.9 Å². The largest absolute Gasteiger partial charge is 0.371 e. The highest BCUT2D eigenvalue weighted by Crippen LogP contribution is 2.28. The molecule has 4 heteroatoms. The number of aromatic nitrogens is 3. The minimum atomic E-state index is 0.481. The average molecular weight is 254 g/mol. The van der Waals surface area contributed by atoms with Gasteiger partial charge in [-0.3, -0.25) is 15.0 Å². The van der Waals surface area contributed by atoms with E-state index in [-0.39, 0.29) is 0 Å². The van der Waals surface area contributed by atoms with Crippen LogP contribution in [0.5, 0.6) is 0 Å². The van der Waals surface area contributed by atoms with E-state index in [0.29, 0.717) is 5.92 Å². The lowest BCUT2D eigenvalue weighted by molar-refractivity contribution is 0.499. The molecule has 0 saturated carbocycles.